The monoisotopic (exact) mass is 380 g/mol. The number of rotatable bonds is 6. The van der Waals surface area contributed by atoms with Gasteiger partial charge in [-0.3, -0.25) is 14.7 Å². The van der Waals surface area contributed by atoms with Gasteiger partial charge in [-0.1, -0.05) is 13.0 Å². The quantitative estimate of drug-likeness (QED) is 0.734. The molecule has 2 saturated heterocycles. The molecule has 1 unspecified atom stereocenters. The minimum atomic E-state index is -3.33. The molecule has 1 aromatic rings. The number of hydrogen-bond acceptors (Lipinski definition) is 5. The fourth-order valence-electron chi connectivity index (χ4n) is 3.75. The van der Waals surface area contributed by atoms with Crippen LogP contribution in [0.3, 0.4) is 0 Å². The number of amides is 1. The molecule has 2 fully saturated rings. The topological polar surface area (TPSA) is 73.8 Å². The van der Waals surface area contributed by atoms with Crippen LogP contribution in [0.1, 0.15) is 31.9 Å². The molecular weight excluding hydrogens is 352 g/mol. The molecule has 1 atom stereocenters. The number of hydrogen-bond donors (Lipinski definition) is 0. The molecular formula is C18H28N4O3S. The Hall–Kier alpha value is -1.51. The Balaban J connectivity index is 1.56. The standard InChI is InChI=1S/C18H28N4O3S/c1-2-14-26(24,25)22-9-5-7-17(22)18(23)21-12-10-20(11-13-21)15-16-6-3-4-8-19-16/h3-4,6,8,17H,2,5,7,9-15H2,1H3. The SMILES string of the molecule is CCCS(=O)(=O)N1CCCC1C(=O)N1CCN(Cc2ccccn2)CC1. The fourth-order valence-corrected chi connectivity index (χ4v) is 5.49. The summed E-state index contributed by atoms with van der Waals surface area (Å²) in [5.74, 6) is 0.0916. The minimum Gasteiger partial charge on any atom is -0.339 e. The second kappa shape index (κ2) is 8.45. The van der Waals surface area contributed by atoms with Crippen LogP contribution in [0.4, 0.5) is 0 Å². The summed E-state index contributed by atoms with van der Waals surface area (Å²) in [5, 5.41) is 0. The van der Waals surface area contributed by atoms with Crippen molar-refractivity contribution in [3.05, 3.63) is 30.1 Å². The van der Waals surface area contributed by atoms with E-state index in [0.29, 0.717) is 32.5 Å². The first kappa shape index (κ1) is 19.3. The Morgan fingerprint density at radius 3 is 2.62 bits per heavy atom. The van der Waals surface area contributed by atoms with Gasteiger partial charge < -0.3 is 4.90 Å². The molecule has 1 amide bonds. The zero-order valence-corrected chi connectivity index (χ0v) is 16.2. The van der Waals surface area contributed by atoms with Gasteiger partial charge in [0.1, 0.15) is 6.04 Å². The Morgan fingerprint density at radius 1 is 1.19 bits per heavy atom. The lowest BCUT2D eigenvalue weighted by Gasteiger charge is -2.37. The third kappa shape index (κ3) is 4.42. The predicted octanol–water partition coefficient (Wildman–Crippen LogP) is 0.930. The maximum atomic E-state index is 12.9. The Morgan fingerprint density at radius 2 is 1.96 bits per heavy atom. The van der Waals surface area contributed by atoms with Gasteiger partial charge in [0.2, 0.25) is 15.9 Å². The highest BCUT2D eigenvalue weighted by Crippen LogP contribution is 2.24. The number of nitrogens with zero attached hydrogens (tertiary/aromatic N) is 4. The normalized spacial score (nSPS) is 22.7. The fraction of sp³-hybridized carbons (Fsp3) is 0.667. The lowest BCUT2D eigenvalue weighted by molar-refractivity contribution is -0.136. The van der Waals surface area contributed by atoms with E-state index in [1.807, 2.05) is 30.0 Å². The van der Waals surface area contributed by atoms with Crippen LogP contribution in [0.2, 0.25) is 0 Å². The first-order valence-electron chi connectivity index (χ1n) is 9.42. The Bertz CT molecular complexity index is 702. The van der Waals surface area contributed by atoms with Crippen LogP contribution in [0, 0.1) is 0 Å². The van der Waals surface area contributed by atoms with E-state index in [4.69, 9.17) is 0 Å². The highest BCUT2D eigenvalue weighted by Gasteiger charge is 2.40. The van der Waals surface area contributed by atoms with Crippen molar-refractivity contribution in [3.8, 4) is 0 Å². The number of sulfonamides is 1. The zero-order chi connectivity index (χ0) is 18.6. The van der Waals surface area contributed by atoms with Crippen molar-refractivity contribution in [2.45, 2.75) is 38.8 Å². The Labute approximate surface area is 156 Å². The van der Waals surface area contributed by atoms with Gasteiger partial charge in [-0.25, -0.2) is 8.42 Å². The molecule has 7 nitrogen and oxygen atoms in total. The molecule has 0 saturated carbocycles. The van der Waals surface area contributed by atoms with Gasteiger partial charge in [0.15, 0.2) is 0 Å². The van der Waals surface area contributed by atoms with Crippen LogP contribution < -0.4 is 0 Å². The van der Waals surface area contributed by atoms with Crippen LogP contribution in [0.15, 0.2) is 24.4 Å². The van der Waals surface area contributed by atoms with Gasteiger partial charge in [0.05, 0.1) is 11.4 Å². The summed E-state index contributed by atoms with van der Waals surface area (Å²) in [5.41, 5.74) is 1.03. The molecule has 0 aromatic carbocycles. The predicted molar refractivity (Wildman–Crippen MR) is 99.9 cm³/mol. The minimum absolute atomic E-state index is 0.0281. The zero-order valence-electron chi connectivity index (χ0n) is 15.4. The highest BCUT2D eigenvalue weighted by molar-refractivity contribution is 7.89. The molecule has 3 rings (SSSR count). The number of aromatic nitrogens is 1. The molecule has 0 spiro atoms. The van der Waals surface area contributed by atoms with Gasteiger partial charge in [-0.2, -0.15) is 4.31 Å². The summed E-state index contributed by atoms with van der Waals surface area (Å²) in [6.45, 7) is 5.97. The van der Waals surface area contributed by atoms with Crippen molar-refractivity contribution >= 4 is 15.9 Å². The van der Waals surface area contributed by atoms with Crippen molar-refractivity contribution in [2.24, 2.45) is 0 Å². The maximum Gasteiger partial charge on any atom is 0.241 e. The summed E-state index contributed by atoms with van der Waals surface area (Å²) in [7, 11) is -3.33. The van der Waals surface area contributed by atoms with E-state index in [1.165, 1.54) is 4.31 Å². The first-order chi connectivity index (χ1) is 12.5. The molecule has 0 radical (unpaired) electrons. The van der Waals surface area contributed by atoms with Crippen molar-refractivity contribution in [1.29, 1.82) is 0 Å². The van der Waals surface area contributed by atoms with Crippen LogP contribution in [0.5, 0.6) is 0 Å². The molecule has 2 aliphatic heterocycles. The van der Waals surface area contributed by atoms with Crippen LogP contribution in [0.25, 0.3) is 0 Å². The molecule has 1 aromatic heterocycles. The second-order valence-electron chi connectivity index (χ2n) is 7.01. The molecule has 8 heteroatoms. The summed E-state index contributed by atoms with van der Waals surface area (Å²) in [4.78, 5) is 21.4. The van der Waals surface area contributed by atoms with E-state index in [0.717, 1.165) is 31.7 Å². The van der Waals surface area contributed by atoms with Gasteiger partial charge in [-0.05, 0) is 31.4 Å². The van der Waals surface area contributed by atoms with Gasteiger partial charge in [-0.15, -0.1) is 0 Å². The third-order valence-corrected chi connectivity index (χ3v) is 7.18. The second-order valence-corrected chi connectivity index (χ2v) is 9.05. The average Bonchev–Trinajstić information content (AvgIpc) is 3.13. The molecule has 0 N–H and O–H groups in total. The smallest absolute Gasteiger partial charge is 0.241 e. The highest BCUT2D eigenvalue weighted by atomic mass is 32.2. The van der Waals surface area contributed by atoms with E-state index >= 15 is 0 Å². The number of carbonyl (C=O) groups excluding carboxylic acids is 1. The van der Waals surface area contributed by atoms with Crippen molar-refractivity contribution < 1.29 is 13.2 Å². The summed E-state index contributed by atoms with van der Waals surface area (Å²) >= 11 is 0. The third-order valence-electron chi connectivity index (χ3n) is 5.10. The first-order valence-corrected chi connectivity index (χ1v) is 11.0. The Kier molecular flexibility index (Phi) is 6.26. The van der Waals surface area contributed by atoms with E-state index < -0.39 is 16.1 Å². The van der Waals surface area contributed by atoms with Gasteiger partial charge >= 0.3 is 0 Å². The molecule has 2 aliphatic rings. The van der Waals surface area contributed by atoms with Gasteiger partial charge in [0, 0.05) is 45.5 Å². The largest absolute Gasteiger partial charge is 0.339 e. The number of pyridine rings is 1. The van der Waals surface area contributed by atoms with E-state index in [2.05, 4.69) is 9.88 Å². The lowest BCUT2D eigenvalue weighted by atomic mass is 10.2. The van der Waals surface area contributed by atoms with Crippen molar-refractivity contribution in [2.75, 3.05) is 38.5 Å². The van der Waals surface area contributed by atoms with Crippen molar-refractivity contribution in [3.63, 3.8) is 0 Å². The summed E-state index contributed by atoms with van der Waals surface area (Å²) in [6, 6.07) is 5.38. The summed E-state index contributed by atoms with van der Waals surface area (Å²) in [6.07, 6.45) is 3.77. The summed E-state index contributed by atoms with van der Waals surface area (Å²) < 4.78 is 26.3. The van der Waals surface area contributed by atoms with E-state index in [9.17, 15) is 13.2 Å². The number of carbonyl (C=O) groups is 1. The van der Waals surface area contributed by atoms with E-state index in [-0.39, 0.29) is 11.7 Å². The van der Waals surface area contributed by atoms with Crippen LogP contribution in [-0.4, -0.2) is 77.9 Å². The maximum absolute atomic E-state index is 12.9. The molecule has 3 heterocycles. The average molecular weight is 381 g/mol. The van der Waals surface area contributed by atoms with E-state index in [1.54, 1.807) is 6.20 Å². The van der Waals surface area contributed by atoms with Crippen LogP contribution in [-0.2, 0) is 21.4 Å². The number of piperazine rings is 1. The molecule has 0 aliphatic carbocycles. The molecule has 26 heavy (non-hydrogen) atoms. The molecule has 0 bridgehead atoms. The molecule has 144 valence electrons. The van der Waals surface area contributed by atoms with Gasteiger partial charge in [0.25, 0.3) is 0 Å². The lowest BCUT2D eigenvalue weighted by Crippen LogP contribution is -2.54. The van der Waals surface area contributed by atoms with Crippen LogP contribution >= 0.6 is 0 Å². The van der Waals surface area contributed by atoms with Crippen molar-refractivity contribution in [1.82, 2.24) is 19.1 Å².